The minimum atomic E-state index is -0.431. The first-order valence-corrected chi connectivity index (χ1v) is 6.79. The van der Waals surface area contributed by atoms with Crippen molar-refractivity contribution in [1.82, 2.24) is 9.78 Å². The van der Waals surface area contributed by atoms with Crippen molar-refractivity contribution < 1.29 is 9.66 Å². The Bertz CT molecular complexity index is 940. The highest BCUT2D eigenvalue weighted by molar-refractivity contribution is 5.81. The van der Waals surface area contributed by atoms with Gasteiger partial charge in [-0.15, -0.1) is 0 Å². The molecule has 0 N–H and O–H groups in total. The Morgan fingerprint density at radius 3 is 2.87 bits per heavy atom. The molecule has 0 unspecified atom stereocenters. The number of nitrogens with zero attached hydrogens (tertiary/aromatic N) is 4. The summed E-state index contributed by atoms with van der Waals surface area (Å²) >= 11 is 0. The van der Waals surface area contributed by atoms with E-state index in [9.17, 15) is 10.1 Å². The van der Waals surface area contributed by atoms with E-state index >= 15 is 0 Å². The predicted octanol–water partition coefficient (Wildman–Crippen LogP) is 2.87. The number of benzene rings is 2. The Kier molecular flexibility index (Phi) is 3.65. The molecule has 0 radical (unpaired) electrons. The normalized spacial score (nSPS) is 10.4. The molecule has 0 amide bonds. The fraction of sp³-hybridized carbons (Fsp3) is 0.125. The van der Waals surface area contributed by atoms with Crippen LogP contribution in [0, 0.1) is 21.4 Å². The molecule has 0 spiro atoms. The molecule has 2 aromatic carbocycles. The average Bonchev–Trinajstić information content (AvgIpc) is 2.97. The van der Waals surface area contributed by atoms with E-state index in [0.717, 1.165) is 10.9 Å². The first-order valence-electron chi connectivity index (χ1n) is 6.79. The molecule has 0 atom stereocenters. The number of hydrogen-bond acceptors (Lipinski definition) is 5. The molecule has 7 heteroatoms. The summed E-state index contributed by atoms with van der Waals surface area (Å²) in [6.45, 7) is 0.388. The number of hydrogen-bond donors (Lipinski definition) is 0. The lowest BCUT2D eigenvalue weighted by molar-refractivity contribution is -0.384. The highest BCUT2D eigenvalue weighted by Gasteiger charge is 2.12. The molecule has 3 aromatic rings. The van der Waals surface area contributed by atoms with Crippen molar-refractivity contribution in [2.24, 2.45) is 0 Å². The number of nitro groups is 1. The molecule has 23 heavy (non-hydrogen) atoms. The molecule has 0 bridgehead atoms. The SMILES string of the molecule is COc1cc(C#N)ccc1Cn1ncc2ccc([N+](=O)[O-])cc21. The molecule has 0 saturated carbocycles. The number of nitro benzene ring substituents is 1. The number of fused-ring (bicyclic) bond motifs is 1. The van der Waals surface area contributed by atoms with Gasteiger partial charge in [-0.2, -0.15) is 10.4 Å². The molecule has 0 saturated heterocycles. The zero-order valence-electron chi connectivity index (χ0n) is 12.3. The van der Waals surface area contributed by atoms with Crippen molar-refractivity contribution >= 4 is 16.6 Å². The van der Waals surface area contributed by atoms with Crippen LogP contribution >= 0.6 is 0 Å². The van der Waals surface area contributed by atoms with Crippen molar-refractivity contribution in [3.05, 3.63) is 63.8 Å². The molecule has 114 valence electrons. The molecule has 1 heterocycles. The van der Waals surface area contributed by atoms with Gasteiger partial charge in [-0.05, 0) is 18.2 Å². The first-order chi connectivity index (χ1) is 11.1. The molecule has 0 aliphatic carbocycles. The fourth-order valence-electron chi connectivity index (χ4n) is 2.40. The summed E-state index contributed by atoms with van der Waals surface area (Å²) < 4.78 is 6.98. The Hall–Kier alpha value is -3.40. The minimum Gasteiger partial charge on any atom is -0.496 e. The van der Waals surface area contributed by atoms with Crippen LogP contribution in [0.1, 0.15) is 11.1 Å². The van der Waals surface area contributed by atoms with Gasteiger partial charge in [-0.25, -0.2) is 0 Å². The summed E-state index contributed by atoms with van der Waals surface area (Å²) in [4.78, 5) is 10.5. The van der Waals surface area contributed by atoms with Crippen LogP contribution in [-0.2, 0) is 6.54 Å². The fourth-order valence-corrected chi connectivity index (χ4v) is 2.40. The quantitative estimate of drug-likeness (QED) is 0.545. The minimum absolute atomic E-state index is 0.0195. The Balaban J connectivity index is 2.03. The maximum Gasteiger partial charge on any atom is 0.271 e. The Morgan fingerprint density at radius 2 is 2.17 bits per heavy atom. The van der Waals surface area contributed by atoms with Crippen LogP contribution in [0.25, 0.3) is 10.9 Å². The van der Waals surface area contributed by atoms with Crippen LogP contribution in [0.2, 0.25) is 0 Å². The van der Waals surface area contributed by atoms with Crippen molar-refractivity contribution in [3.63, 3.8) is 0 Å². The molecule has 3 rings (SSSR count). The van der Waals surface area contributed by atoms with E-state index in [1.165, 1.54) is 19.2 Å². The van der Waals surface area contributed by atoms with Crippen molar-refractivity contribution in [3.8, 4) is 11.8 Å². The molecule has 0 aliphatic rings. The largest absolute Gasteiger partial charge is 0.496 e. The number of methoxy groups -OCH3 is 1. The summed E-state index contributed by atoms with van der Waals surface area (Å²) in [7, 11) is 1.53. The summed E-state index contributed by atoms with van der Waals surface area (Å²) in [5, 5.41) is 25.0. The Labute approximate surface area is 131 Å². The van der Waals surface area contributed by atoms with E-state index in [4.69, 9.17) is 10.00 Å². The van der Waals surface area contributed by atoms with Crippen LogP contribution in [0.15, 0.2) is 42.6 Å². The third-order valence-electron chi connectivity index (χ3n) is 3.58. The second kappa shape index (κ2) is 5.77. The molecular formula is C16H12N4O3. The van der Waals surface area contributed by atoms with Crippen molar-refractivity contribution in [2.45, 2.75) is 6.54 Å². The van der Waals surface area contributed by atoms with Gasteiger partial charge in [-0.1, -0.05) is 6.07 Å². The number of rotatable bonds is 4. The first kappa shape index (κ1) is 14.5. The maximum atomic E-state index is 10.9. The lowest BCUT2D eigenvalue weighted by atomic mass is 10.1. The second-order valence-corrected chi connectivity index (χ2v) is 4.94. The van der Waals surface area contributed by atoms with E-state index < -0.39 is 4.92 Å². The monoisotopic (exact) mass is 308 g/mol. The van der Waals surface area contributed by atoms with Crippen LogP contribution in [-0.4, -0.2) is 21.8 Å². The van der Waals surface area contributed by atoms with E-state index in [1.807, 2.05) is 0 Å². The predicted molar refractivity (Wildman–Crippen MR) is 83.2 cm³/mol. The summed E-state index contributed by atoms with van der Waals surface area (Å²) in [6, 6.07) is 11.8. The van der Waals surface area contributed by atoms with Gasteiger partial charge in [0, 0.05) is 23.1 Å². The number of aromatic nitrogens is 2. The van der Waals surface area contributed by atoms with E-state index in [-0.39, 0.29) is 5.69 Å². The zero-order chi connectivity index (χ0) is 16.4. The standard InChI is InChI=1S/C16H12N4O3/c1-23-16-6-11(8-17)2-3-13(16)10-19-15-7-14(20(21)22)5-4-12(15)9-18-19/h2-7,9H,10H2,1H3. The van der Waals surface area contributed by atoms with Gasteiger partial charge < -0.3 is 4.74 Å². The smallest absolute Gasteiger partial charge is 0.271 e. The van der Waals surface area contributed by atoms with Gasteiger partial charge in [0.15, 0.2) is 0 Å². The summed E-state index contributed by atoms with van der Waals surface area (Å²) in [5.74, 6) is 0.582. The van der Waals surface area contributed by atoms with Gasteiger partial charge >= 0.3 is 0 Å². The maximum absolute atomic E-state index is 10.9. The molecule has 7 nitrogen and oxygen atoms in total. The molecule has 0 fully saturated rings. The van der Waals surface area contributed by atoms with Crippen LogP contribution in [0.3, 0.4) is 0 Å². The highest BCUT2D eigenvalue weighted by Crippen LogP contribution is 2.25. The summed E-state index contributed by atoms with van der Waals surface area (Å²) in [6.07, 6.45) is 1.66. The van der Waals surface area contributed by atoms with E-state index in [2.05, 4.69) is 11.2 Å². The van der Waals surface area contributed by atoms with E-state index in [1.54, 1.807) is 35.1 Å². The molecule has 1 aromatic heterocycles. The Morgan fingerprint density at radius 1 is 1.35 bits per heavy atom. The van der Waals surface area contributed by atoms with Gasteiger partial charge in [0.05, 0.1) is 41.9 Å². The third-order valence-corrected chi connectivity index (χ3v) is 3.58. The van der Waals surface area contributed by atoms with Gasteiger partial charge in [-0.3, -0.25) is 14.8 Å². The third kappa shape index (κ3) is 2.70. The number of non-ortho nitro benzene ring substituents is 1. The molecular weight excluding hydrogens is 296 g/mol. The van der Waals surface area contributed by atoms with Crippen LogP contribution < -0.4 is 4.74 Å². The van der Waals surface area contributed by atoms with Gasteiger partial charge in [0.25, 0.3) is 5.69 Å². The van der Waals surface area contributed by atoms with Crippen molar-refractivity contribution in [2.75, 3.05) is 7.11 Å². The van der Waals surface area contributed by atoms with Crippen molar-refractivity contribution in [1.29, 1.82) is 5.26 Å². The van der Waals surface area contributed by atoms with E-state index in [0.29, 0.717) is 23.4 Å². The number of nitriles is 1. The summed E-state index contributed by atoms with van der Waals surface area (Å²) in [5.41, 5.74) is 2.03. The number of ether oxygens (including phenoxy) is 1. The second-order valence-electron chi connectivity index (χ2n) is 4.94. The highest BCUT2D eigenvalue weighted by atomic mass is 16.6. The lowest BCUT2D eigenvalue weighted by Crippen LogP contribution is -2.04. The lowest BCUT2D eigenvalue weighted by Gasteiger charge is -2.09. The topological polar surface area (TPSA) is 94.0 Å². The van der Waals surface area contributed by atoms with Crippen LogP contribution in [0.4, 0.5) is 5.69 Å². The average molecular weight is 308 g/mol. The van der Waals surface area contributed by atoms with Gasteiger partial charge in [0.2, 0.25) is 0 Å². The molecule has 0 aliphatic heterocycles. The zero-order valence-corrected chi connectivity index (χ0v) is 12.3. The van der Waals surface area contributed by atoms with Gasteiger partial charge in [0.1, 0.15) is 5.75 Å². The van der Waals surface area contributed by atoms with Crippen LogP contribution in [0.5, 0.6) is 5.75 Å².